The molecule has 15 heteroatoms. The van der Waals surface area contributed by atoms with Crippen molar-refractivity contribution >= 4 is 46.7 Å². The molecule has 0 radical (unpaired) electrons. The van der Waals surface area contributed by atoms with E-state index in [9.17, 15) is 18.8 Å². The number of aliphatic imine (C=N–C) groups is 1. The number of carboxylic acid groups (broad SMARTS) is 1. The number of rotatable bonds is 12. The number of thiazole rings is 1. The summed E-state index contributed by atoms with van der Waals surface area (Å²) in [6.07, 6.45) is 2.19. The molecule has 4 heterocycles. The highest BCUT2D eigenvalue weighted by Crippen LogP contribution is 2.37. The van der Waals surface area contributed by atoms with Crippen molar-refractivity contribution in [2.75, 3.05) is 59.1 Å². The number of benzene rings is 1. The second-order valence-corrected chi connectivity index (χ2v) is 11.5. The molecule has 1 aromatic carbocycles. The lowest BCUT2D eigenvalue weighted by Gasteiger charge is -2.38. The summed E-state index contributed by atoms with van der Waals surface area (Å²) in [4.78, 5) is 52.0. The van der Waals surface area contributed by atoms with E-state index in [0.29, 0.717) is 67.8 Å². The van der Waals surface area contributed by atoms with Crippen molar-refractivity contribution in [1.82, 2.24) is 25.0 Å². The third-order valence-corrected chi connectivity index (χ3v) is 8.55. The third kappa shape index (κ3) is 6.98. The number of hydrogen-bond donors (Lipinski definition) is 2. The molecule has 12 nitrogen and oxygen atoms in total. The Hall–Kier alpha value is -3.59. The number of amidine groups is 1. The molecular weight excluding hydrogens is 603 g/mol. The zero-order valence-electron chi connectivity index (χ0n) is 23.5. The number of carbonyl (C=O) groups excluding carboxylic acids is 2. The number of halogens is 2. The van der Waals surface area contributed by atoms with Crippen LogP contribution in [0.15, 0.2) is 46.0 Å². The van der Waals surface area contributed by atoms with Gasteiger partial charge in [-0.25, -0.2) is 23.8 Å². The van der Waals surface area contributed by atoms with Crippen LogP contribution in [0.2, 0.25) is 5.02 Å². The summed E-state index contributed by atoms with van der Waals surface area (Å²) in [6.45, 7) is 4.69. The van der Waals surface area contributed by atoms with Gasteiger partial charge in [0.2, 0.25) is 0 Å². The van der Waals surface area contributed by atoms with Crippen LogP contribution in [0.25, 0.3) is 0 Å². The lowest BCUT2D eigenvalue weighted by atomic mass is 9.95. The predicted molar refractivity (Wildman–Crippen MR) is 157 cm³/mol. The molecule has 1 aromatic heterocycles. The first-order chi connectivity index (χ1) is 20.8. The number of esters is 1. The number of aliphatic carboxylic acids is 1. The van der Waals surface area contributed by atoms with Gasteiger partial charge in [0.05, 0.1) is 23.2 Å². The molecule has 230 valence electrons. The highest BCUT2D eigenvalue weighted by atomic mass is 35.5. The molecule has 3 aliphatic heterocycles. The minimum Gasteiger partial charge on any atom is -0.480 e. The lowest BCUT2D eigenvalue weighted by Crippen LogP contribution is -2.53. The fourth-order valence-electron chi connectivity index (χ4n) is 5.49. The molecule has 0 bridgehead atoms. The Bertz CT molecular complexity index is 1420. The number of carbonyl (C=O) groups is 3. The van der Waals surface area contributed by atoms with Gasteiger partial charge in [0.15, 0.2) is 10.8 Å². The molecule has 2 N–H and O–H groups in total. The van der Waals surface area contributed by atoms with E-state index in [1.807, 2.05) is 10.3 Å². The Morgan fingerprint density at radius 3 is 2.86 bits per heavy atom. The van der Waals surface area contributed by atoms with Gasteiger partial charge in [-0.1, -0.05) is 23.7 Å². The topological polar surface area (TPSA) is 137 Å². The third-order valence-electron chi connectivity index (χ3n) is 7.37. The van der Waals surface area contributed by atoms with E-state index in [4.69, 9.17) is 31.2 Å². The standard InChI is InChI=1S/C28H32ClFN6O6S/c1-2-42-27(39)22-20(32-25(26-31-7-12-43-26)33-24(22)18-5-3-6-19(30)23(18)29)15-34-9-10-36-17(13-34)14-35(28(36)40)8-4-11-41-16-21(37)38/h3,5-7,12,17,24H,2,4,8-11,13-16H2,1H3,(H,32,33)(H,37,38)/t17?,24-/m0/s1. The number of ether oxygens (including phenoxy) is 2. The van der Waals surface area contributed by atoms with Gasteiger partial charge < -0.3 is 29.7 Å². The van der Waals surface area contributed by atoms with E-state index >= 15 is 0 Å². The minimum atomic E-state index is -1.03. The van der Waals surface area contributed by atoms with Crippen LogP contribution in [0.1, 0.15) is 30.0 Å². The Morgan fingerprint density at radius 1 is 1.28 bits per heavy atom. The average molecular weight is 635 g/mol. The van der Waals surface area contributed by atoms with Gasteiger partial charge in [0, 0.05) is 68.7 Å². The van der Waals surface area contributed by atoms with Gasteiger partial charge in [0.25, 0.3) is 0 Å². The molecule has 2 atom stereocenters. The van der Waals surface area contributed by atoms with Crippen molar-refractivity contribution in [2.45, 2.75) is 25.4 Å². The van der Waals surface area contributed by atoms with Crippen molar-refractivity contribution in [1.29, 1.82) is 0 Å². The molecule has 43 heavy (non-hydrogen) atoms. The van der Waals surface area contributed by atoms with Gasteiger partial charge >= 0.3 is 18.0 Å². The SMILES string of the molecule is CCOC(=O)C1=C(CN2CCN3C(=O)N(CCCOCC(=O)O)CC3C2)NC(c2nccs2)=N[C@H]1c1cccc(F)c1Cl. The van der Waals surface area contributed by atoms with Crippen molar-refractivity contribution < 1.29 is 33.4 Å². The normalized spacial score (nSPS) is 20.6. The van der Waals surface area contributed by atoms with Crippen molar-refractivity contribution in [3.05, 3.63) is 62.5 Å². The fourth-order valence-corrected chi connectivity index (χ4v) is 6.31. The van der Waals surface area contributed by atoms with Crippen LogP contribution in [0, 0.1) is 5.82 Å². The Kier molecular flexibility index (Phi) is 9.90. The minimum absolute atomic E-state index is 0.0518. The predicted octanol–water partition coefficient (Wildman–Crippen LogP) is 2.76. The van der Waals surface area contributed by atoms with Gasteiger partial charge in [-0.15, -0.1) is 11.3 Å². The van der Waals surface area contributed by atoms with E-state index in [2.05, 4.69) is 15.2 Å². The van der Waals surface area contributed by atoms with Crippen LogP contribution in [0.5, 0.6) is 0 Å². The molecule has 5 rings (SSSR count). The summed E-state index contributed by atoms with van der Waals surface area (Å²) in [6, 6.07) is 3.39. The molecule has 2 saturated heterocycles. The zero-order chi connectivity index (χ0) is 30.5. The van der Waals surface area contributed by atoms with E-state index < -0.39 is 23.8 Å². The van der Waals surface area contributed by atoms with Crippen LogP contribution in [-0.4, -0.2) is 114 Å². The van der Waals surface area contributed by atoms with Gasteiger partial charge in [0.1, 0.15) is 18.5 Å². The Labute approximate surface area is 256 Å². The smallest absolute Gasteiger partial charge is 0.338 e. The van der Waals surface area contributed by atoms with Crippen LogP contribution >= 0.6 is 22.9 Å². The molecule has 0 saturated carbocycles. The van der Waals surface area contributed by atoms with Crippen molar-refractivity contribution in [3.63, 3.8) is 0 Å². The van der Waals surface area contributed by atoms with Crippen LogP contribution in [0.3, 0.4) is 0 Å². The van der Waals surface area contributed by atoms with E-state index in [-0.39, 0.29) is 42.5 Å². The summed E-state index contributed by atoms with van der Waals surface area (Å²) < 4.78 is 25.1. The molecule has 0 spiro atoms. The molecule has 0 aliphatic carbocycles. The Balaban J connectivity index is 1.37. The van der Waals surface area contributed by atoms with Gasteiger partial charge in [-0.3, -0.25) is 9.89 Å². The van der Waals surface area contributed by atoms with Gasteiger partial charge in [-0.05, 0) is 19.4 Å². The maximum Gasteiger partial charge on any atom is 0.338 e. The molecule has 2 amide bonds. The van der Waals surface area contributed by atoms with Crippen molar-refractivity contribution in [2.24, 2.45) is 4.99 Å². The largest absolute Gasteiger partial charge is 0.480 e. The molecule has 2 fully saturated rings. The quantitative estimate of drug-likeness (QED) is 0.267. The molecular formula is C28H32ClFN6O6S. The maximum absolute atomic E-state index is 14.6. The van der Waals surface area contributed by atoms with Crippen LogP contribution in [-0.2, 0) is 19.1 Å². The monoisotopic (exact) mass is 634 g/mol. The Morgan fingerprint density at radius 2 is 2.12 bits per heavy atom. The first-order valence-corrected chi connectivity index (χ1v) is 15.2. The highest BCUT2D eigenvalue weighted by Gasteiger charge is 2.41. The summed E-state index contributed by atoms with van der Waals surface area (Å²) in [7, 11) is 0. The summed E-state index contributed by atoms with van der Waals surface area (Å²) in [5.41, 5.74) is 1.13. The lowest BCUT2D eigenvalue weighted by molar-refractivity contribution is -0.142. The first kappa shape index (κ1) is 30.9. The van der Waals surface area contributed by atoms with Crippen molar-refractivity contribution in [3.8, 4) is 0 Å². The highest BCUT2D eigenvalue weighted by molar-refractivity contribution is 7.11. The van der Waals surface area contributed by atoms with Crippen LogP contribution in [0.4, 0.5) is 9.18 Å². The number of amides is 2. The van der Waals surface area contributed by atoms with E-state index in [1.54, 1.807) is 24.1 Å². The fraction of sp³-hybridized carbons (Fsp3) is 0.464. The number of nitrogens with one attached hydrogen (secondary N) is 1. The van der Waals surface area contributed by atoms with E-state index in [1.165, 1.54) is 23.5 Å². The molecule has 1 unspecified atom stereocenters. The number of hydrogen-bond acceptors (Lipinski definition) is 10. The molecule has 3 aliphatic rings. The van der Waals surface area contributed by atoms with Crippen LogP contribution < -0.4 is 5.32 Å². The number of carboxylic acids is 1. The maximum atomic E-state index is 14.6. The number of urea groups is 1. The first-order valence-electron chi connectivity index (χ1n) is 13.9. The number of piperazine rings is 1. The average Bonchev–Trinajstić information content (AvgIpc) is 3.62. The zero-order valence-corrected chi connectivity index (χ0v) is 25.1. The second-order valence-electron chi connectivity index (χ2n) is 10.2. The summed E-state index contributed by atoms with van der Waals surface area (Å²) in [5, 5.41) is 14.3. The number of aromatic nitrogens is 1. The second kappa shape index (κ2) is 13.8. The number of fused-ring (bicyclic) bond motifs is 1. The summed E-state index contributed by atoms with van der Waals surface area (Å²) >= 11 is 7.78. The summed E-state index contributed by atoms with van der Waals surface area (Å²) in [5.74, 6) is -1.79. The van der Waals surface area contributed by atoms with Gasteiger partial charge in [-0.2, -0.15) is 0 Å². The molecule has 2 aromatic rings. The van der Waals surface area contributed by atoms with E-state index in [0.717, 1.165) is 0 Å². The number of nitrogens with zero attached hydrogens (tertiary/aromatic N) is 5.